The quantitative estimate of drug-likeness (QED) is 0.159. The van der Waals surface area contributed by atoms with Gasteiger partial charge in [0.05, 0.1) is 17.3 Å². The van der Waals surface area contributed by atoms with Gasteiger partial charge in [-0.1, -0.05) is 68.2 Å². The zero-order chi connectivity index (χ0) is 28.2. The van der Waals surface area contributed by atoms with Crippen molar-refractivity contribution in [1.29, 1.82) is 0 Å². The average molecular weight is 547 g/mol. The molecule has 204 valence electrons. The van der Waals surface area contributed by atoms with Gasteiger partial charge in [0.25, 0.3) is 11.8 Å². The van der Waals surface area contributed by atoms with Gasteiger partial charge in [-0.2, -0.15) is 10.2 Å². The van der Waals surface area contributed by atoms with Crippen molar-refractivity contribution in [2.24, 2.45) is 12.8 Å². The highest BCUT2D eigenvalue weighted by atomic mass is 28.3. The molecule has 3 N–H and O–H groups in total. The van der Waals surface area contributed by atoms with Gasteiger partial charge >= 0.3 is 0 Å². The number of nitrogens with two attached hydrogens (primary N) is 1. The second-order valence-corrected chi connectivity index (χ2v) is 16.3. The van der Waals surface area contributed by atoms with Crippen molar-refractivity contribution in [3.63, 3.8) is 0 Å². The Kier molecular flexibility index (Phi) is 8.41. The summed E-state index contributed by atoms with van der Waals surface area (Å²) in [5, 5.41) is 12.6. The molecule has 11 heteroatoms. The third-order valence-corrected chi connectivity index (χ3v) is 8.13. The summed E-state index contributed by atoms with van der Waals surface area (Å²) in [6.07, 6.45) is 1.55. The van der Waals surface area contributed by atoms with E-state index in [1.54, 1.807) is 16.4 Å². The van der Waals surface area contributed by atoms with E-state index in [-0.39, 0.29) is 18.7 Å². The van der Waals surface area contributed by atoms with E-state index >= 15 is 0 Å². The maximum atomic E-state index is 13.5. The van der Waals surface area contributed by atoms with Gasteiger partial charge in [-0.3, -0.25) is 19.1 Å². The van der Waals surface area contributed by atoms with Crippen molar-refractivity contribution in [3.8, 4) is 11.4 Å². The summed E-state index contributed by atoms with van der Waals surface area (Å²) < 4.78 is 9.30. The monoisotopic (exact) mass is 546 g/mol. The van der Waals surface area contributed by atoms with Gasteiger partial charge in [0.1, 0.15) is 24.2 Å². The van der Waals surface area contributed by atoms with Gasteiger partial charge in [0.2, 0.25) is 5.78 Å². The number of para-hydroxylation sites is 1. The molecule has 0 radical (unpaired) electrons. The molecule has 0 aliphatic heterocycles. The number of carbonyl (C=O) groups is 3. The van der Waals surface area contributed by atoms with E-state index < -0.39 is 31.7 Å². The standard InChI is InChI=1S/C28H34N6O4Si/c1-33-25(24-20-12-8-9-13-23(20)34(32-24)18-38-14-15-39(2,3)4)21(17-30-33)28(37)31-22(26(35)27(29)36)16-19-10-6-5-7-11-19/h5-13,17,22H,14-16,18H2,1-4H3,(H2,29,36)(H,31,37). The molecule has 4 rings (SSSR count). The molecule has 1 atom stereocenters. The molecule has 0 fully saturated rings. The molecule has 2 aromatic heterocycles. The molecule has 0 saturated heterocycles. The molecule has 2 amide bonds. The van der Waals surface area contributed by atoms with Crippen LogP contribution in [0, 0.1) is 0 Å². The van der Waals surface area contributed by atoms with Crippen molar-refractivity contribution in [3.05, 3.63) is 71.9 Å². The number of ketones is 1. The lowest BCUT2D eigenvalue weighted by atomic mass is 10.0. The van der Waals surface area contributed by atoms with Crippen molar-refractivity contribution in [2.75, 3.05) is 6.61 Å². The first-order valence-corrected chi connectivity index (χ1v) is 16.5. The summed E-state index contributed by atoms with van der Waals surface area (Å²) in [7, 11) is 0.490. The molecule has 0 aliphatic rings. The number of carbonyl (C=O) groups excluding carboxylic acids is 3. The smallest absolute Gasteiger partial charge is 0.287 e. The number of aryl methyl sites for hydroxylation is 1. The topological polar surface area (TPSA) is 134 Å². The lowest BCUT2D eigenvalue weighted by molar-refractivity contribution is -0.137. The molecule has 10 nitrogen and oxygen atoms in total. The predicted octanol–water partition coefficient (Wildman–Crippen LogP) is 3.14. The average Bonchev–Trinajstić information content (AvgIpc) is 3.45. The van der Waals surface area contributed by atoms with E-state index in [1.807, 2.05) is 54.6 Å². The molecule has 0 saturated carbocycles. The Morgan fingerprint density at radius 1 is 1.05 bits per heavy atom. The first kappa shape index (κ1) is 27.9. The van der Waals surface area contributed by atoms with E-state index in [1.165, 1.54) is 6.20 Å². The van der Waals surface area contributed by atoms with Crippen molar-refractivity contribution < 1.29 is 19.1 Å². The zero-order valence-corrected chi connectivity index (χ0v) is 23.7. The first-order chi connectivity index (χ1) is 18.5. The number of aromatic nitrogens is 4. The highest BCUT2D eigenvalue weighted by molar-refractivity contribution is 6.76. The zero-order valence-electron chi connectivity index (χ0n) is 22.7. The number of amides is 2. The lowest BCUT2D eigenvalue weighted by Crippen LogP contribution is -2.47. The van der Waals surface area contributed by atoms with Crippen molar-refractivity contribution >= 4 is 36.6 Å². The number of Topliss-reactive ketones (excluding diaryl/α,β-unsaturated/α-hetero) is 1. The van der Waals surface area contributed by atoms with Crippen LogP contribution in [0.4, 0.5) is 0 Å². The van der Waals surface area contributed by atoms with Crippen molar-refractivity contribution in [1.82, 2.24) is 24.9 Å². The van der Waals surface area contributed by atoms with Crippen LogP contribution in [0.1, 0.15) is 15.9 Å². The number of nitrogens with one attached hydrogen (secondary N) is 1. The van der Waals surface area contributed by atoms with E-state index in [4.69, 9.17) is 15.6 Å². The minimum atomic E-state index is -1.23. The van der Waals surface area contributed by atoms with Crippen LogP contribution in [-0.4, -0.2) is 57.9 Å². The molecular weight excluding hydrogens is 512 g/mol. The second kappa shape index (κ2) is 11.7. The van der Waals surface area contributed by atoms with Crippen LogP contribution in [0.15, 0.2) is 60.8 Å². The number of fused-ring (bicyclic) bond motifs is 1. The number of primary amides is 1. The van der Waals surface area contributed by atoms with Crippen LogP contribution < -0.4 is 11.1 Å². The number of benzene rings is 2. The van der Waals surface area contributed by atoms with E-state index in [0.717, 1.165) is 22.5 Å². The summed E-state index contributed by atoms with van der Waals surface area (Å²) in [6.45, 7) is 7.82. The van der Waals surface area contributed by atoms with Gasteiger partial charge < -0.3 is 15.8 Å². The van der Waals surface area contributed by atoms with Crippen LogP contribution >= 0.6 is 0 Å². The summed E-state index contributed by atoms with van der Waals surface area (Å²) in [4.78, 5) is 37.8. The van der Waals surface area contributed by atoms with E-state index in [9.17, 15) is 14.4 Å². The summed E-state index contributed by atoms with van der Waals surface area (Å²) in [6, 6.07) is 16.7. The normalized spacial score (nSPS) is 12.4. The Morgan fingerprint density at radius 3 is 2.44 bits per heavy atom. The molecule has 1 unspecified atom stereocenters. The van der Waals surface area contributed by atoms with Gasteiger partial charge in [0.15, 0.2) is 0 Å². The summed E-state index contributed by atoms with van der Waals surface area (Å²) >= 11 is 0. The Labute approximate surface area is 228 Å². The second-order valence-electron chi connectivity index (χ2n) is 10.7. The number of rotatable bonds is 12. The summed E-state index contributed by atoms with van der Waals surface area (Å²) in [5.74, 6) is -2.54. The largest absolute Gasteiger partial charge is 0.363 e. The fraction of sp³-hybridized carbons (Fsp3) is 0.321. The summed E-state index contributed by atoms with van der Waals surface area (Å²) in [5.41, 5.74) is 8.20. The Bertz CT molecular complexity index is 1490. The fourth-order valence-electron chi connectivity index (χ4n) is 4.28. The number of ether oxygens (including phenoxy) is 1. The minimum Gasteiger partial charge on any atom is -0.363 e. The fourth-order valence-corrected chi connectivity index (χ4v) is 5.04. The van der Waals surface area contributed by atoms with Crippen LogP contribution in [-0.2, 0) is 34.5 Å². The third kappa shape index (κ3) is 6.68. The van der Waals surface area contributed by atoms with Crippen LogP contribution in [0.25, 0.3) is 22.3 Å². The Balaban J connectivity index is 1.64. The van der Waals surface area contributed by atoms with Crippen LogP contribution in [0.2, 0.25) is 25.7 Å². The highest BCUT2D eigenvalue weighted by Gasteiger charge is 2.29. The first-order valence-electron chi connectivity index (χ1n) is 12.8. The molecule has 4 aromatic rings. The van der Waals surface area contributed by atoms with Gasteiger partial charge in [-0.25, -0.2) is 4.68 Å². The Morgan fingerprint density at radius 2 is 1.74 bits per heavy atom. The van der Waals surface area contributed by atoms with Gasteiger partial charge in [0, 0.05) is 33.5 Å². The predicted molar refractivity (Wildman–Crippen MR) is 152 cm³/mol. The number of nitrogens with zero attached hydrogens (tertiary/aromatic N) is 4. The molecule has 2 heterocycles. The molecule has 0 aliphatic carbocycles. The van der Waals surface area contributed by atoms with Crippen molar-refractivity contribution in [2.45, 2.75) is 44.9 Å². The van der Waals surface area contributed by atoms with E-state index in [0.29, 0.717) is 18.0 Å². The van der Waals surface area contributed by atoms with E-state index in [2.05, 4.69) is 30.1 Å². The molecular formula is C28H34N6O4Si. The highest BCUT2D eigenvalue weighted by Crippen LogP contribution is 2.30. The SMILES string of the molecule is Cn1ncc(C(=O)NC(Cc2ccccc2)C(=O)C(N)=O)c1-c1nn(COCC[Si](C)(C)C)c2ccccc12. The maximum Gasteiger partial charge on any atom is 0.287 e. The lowest BCUT2D eigenvalue weighted by Gasteiger charge is -2.16. The van der Waals surface area contributed by atoms with Gasteiger partial charge in [-0.05, 0) is 17.7 Å². The molecule has 39 heavy (non-hydrogen) atoms. The third-order valence-electron chi connectivity index (χ3n) is 6.42. The number of hydrogen-bond acceptors (Lipinski definition) is 6. The van der Waals surface area contributed by atoms with Crippen LogP contribution in [0.5, 0.6) is 0 Å². The molecule has 0 spiro atoms. The minimum absolute atomic E-state index is 0.121. The number of hydrogen-bond donors (Lipinski definition) is 2. The van der Waals surface area contributed by atoms with Crippen LogP contribution in [0.3, 0.4) is 0 Å². The van der Waals surface area contributed by atoms with Gasteiger partial charge in [-0.15, -0.1) is 0 Å². The molecule has 0 bridgehead atoms. The molecule has 2 aromatic carbocycles. The maximum absolute atomic E-state index is 13.5. The Hall–Kier alpha value is -4.09.